The standard InChI is InChI=1S/C27H35ClN4O7/c1-38-16-22(25(34)30-13-18-6-4-3-5-7-18)29-15-21(27(36)37)20-10-8-19(9-11-20)14-31-26(35)23(17-39-2)32-24(33)12-28/h3-11,21-23,29H,12-17H2,1-2H3,(H,30,34)(H,31,35)(H,32,33)(H,36,37). The molecule has 0 saturated carbocycles. The maximum atomic E-state index is 12.7. The van der Waals surface area contributed by atoms with Crippen molar-refractivity contribution < 1.29 is 33.8 Å². The summed E-state index contributed by atoms with van der Waals surface area (Å²) >= 11 is 5.49. The van der Waals surface area contributed by atoms with Crippen LogP contribution in [0.4, 0.5) is 0 Å². The molecular weight excluding hydrogens is 528 g/mol. The normalized spacial score (nSPS) is 13.1. The zero-order chi connectivity index (χ0) is 28.6. The SMILES string of the molecule is COCC(NCC(C(=O)O)c1ccc(CNC(=O)C(COC)NC(=O)CCl)cc1)C(=O)NCc1ccccc1. The van der Waals surface area contributed by atoms with Gasteiger partial charge in [0.2, 0.25) is 17.7 Å². The first-order valence-corrected chi connectivity index (χ1v) is 12.8. The van der Waals surface area contributed by atoms with Gasteiger partial charge < -0.3 is 35.8 Å². The average molecular weight is 563 g/mol. The van der Waals surface area contributed by atoms with Gasteiger partial charge in [-0.3, -0.25) is 19.2 Å². The quantitative estimate of drug-likeness (QED) is 0.177. The first kappa shape index (κ1) is 31.7. The van der Waals surface area contributed by atoms with E-state index in [1.54, 1.807) is 24.3 Å². The largest absolute Gasteiger partial charge is 0.481 e. The summed E-state index contributed by atoms with van der Waals surface area (Å²) in [6.45, 7) is 0.546. The number of carboxylic acid groups (broad SMARTS) is 1. The summed E-state index contributed by atoms with van der Waals surface area (Å²) in [6.07, 6.45) is 0. The van der Waals surface area contributed by atoms with E-state index in [0.717, 1.165) is 11.1 Å². The van der Waals surface area contributed by atoms with Gasteiger partial charge in [0, 0.05) is 33.9 Å². The van der Waals surface area contributed by atoms with Crippen molar-refractivity contribution in [2.45, 2.75) is 31.1 Å². The van der Waals surface area contributed by atoms with Gasteiger partial charge in [-0.05, 0) is 16.7 Å². The van der Waals surface area contributed by atoms with Gasteiger partial charge in [0.05, 0.1) is 19.1 Å². The van der Waals surface area contributed by atoms with Crippen molar-refractivity contribution >= 4 is 35.3 Å². The second-order valence-corrected chi connectivity index (χ2v) is 8.95. The molecule has 3 unspecified atom stereocenters. The van der Waals surface area contributed by atoms with Crippen molar-refractivity contribution in [3.8, 4) is 0 Å². The number of amides is 3. The molecule has 0 spiro atoms. The molecule has 212 valence electrons. The number of hydrogen-bond donors (Lipinski definition) is 5. The second-order valence-electron chi connectivity index (χ2n) is 8.68. The van der Waals surface area contributed by atoms with Gasteiger partial charge in [0.25, 0.3) is 0 Å². The fraction of sp³-hybridized carbons (Fsp3) is 0.407. The second kappa shape index (κ2) is 17.2. The van der Waals surface area contributed by atoms with Crippen LogP contribution < -0.4 is 21.3 Å². The predicted molar refractivity (Wildman–Crippen MR) is 145 cm³/mol. The number of methoxy groups -OCH3 is 2. The first-order chi connectivity index (χ1) is 18.8. The lowest BCUT2D eigenvalue weighted by molar-refractivity contribution is -0.139. The Balaban J connectivity index is 1.96. The van der Waals surface area contributed by atoms with Crippen LogP contribution in [0.15, 0.2) is 54.6 Å². The smallest absolute Gasteiger partial charge is 0.312 e. The Morgan fingerprint density at radius 3 is 1.90 bits per heavy atom. The van der Waals surface area contributed by atoms with E-state index in [2.05, 4.69) is 21.3 Å². The molecule has 0 fully saturated rings. The van der Waals surface area contributed by atoms with E-state index in [9.17, 15) is 24.3 Å². The van der Waals surface area contributed by atoms with Crippen LogP contribution in [0.3, 0.4) is 0 Å². The molecular formula is C27H35ClN4O7. The van der Waals surface area contributed by atoms with Gasteiger partial charge in [-0.2, -0.15) is 0 Å². The van der Waals surface area contributed by atoms with Gasteiger partial charge in [0.1, 0.15) is 18.0 Å². The number of benzene rings is 2. The Bertz CT molecular complexity index is 1070. The monoisotopic (exact) mass is 562 g/mol. The molecule has 0 radical (unpaired) electrons. The van der Waals surface area contributed by atoms with Gasteiger partial charge in [-0.1, -0.05) is 54.6 Å². The van der Waals surface area contributed by atoms with E-state index in [-0.39, 0.29) is 38.1 Å². The van der Waals surface area contributed by atoms with Gasteiger partial charge >= 0.3 is 5.97 Å². The van der Waals surface area contributed by atoms with Crippen LogP contribution in [-0.2, 0) is 41.7 Å². The third-order valence-electron chi connectivity index (χ3n) is 5.78. The lowest BCUT2D eigenvalue weighted by Gasteiger charge is -2.21. The minimum absolute atomic E-state index is 0.00281. The number of aliphatic carboxylic acids is 1. The molecule has 2 rings (SSSR count). The summed E-state index contributed by atoms with van der Waals surface area (Å²) < 4.78 is 10.1. The topological polar surface area (TPSA) is 155 Å². The van der Waals surface area contributed by atoms with Crippen LogP contribution in [0.5, 0.6) is 0 Å². The van der Waals surface area contributed by atoms with Crippen LogP contribution in [-0.4, -0.2) is 80.7 Å². The lowest BCUT2D eigenvalue weighted by Crippen LogP contribution is -2.49. The van der Waals surface area contributed by atoms with E-state index >= 15 is 0 Å². The van der Waals surface area contributed by atoms with Gasteiger partial charge in [-0.25, -0.2) is 0 Å². The molecule has 12 heteroatoms. The number of carbonyl (C=O) groups is 4. The van der Waals surface area contributed by atoms with E-state index in [1.807, 2.05) is 30.3 Å². The zero-order valence-corrected chi connectivity index (χ0v) is 22.7. The number of carboxylic acids is 1. The Hall–Kier alpha value is -3.51. The summed E-state index contributed by atoms with van der Waals surface area (Å²) in [5, 5.41) is 20.9. The zero-order valence-electron chi connectivity index (χ0n) is 21.9. The number of carbonyl (C=O) groups excluding carboxylic acids is 3. The minimum Gasteiger partial charge on any atom is -0.481 e. The highest BCUT2D eigenvalue weighted by Crippen LogP contribution is 2.17. The number of hydrogen-bond acceptors (Lipinski definition) is 7. The van der Waals surface area contributed by atoms with Gasteiger partial charge in [0.15, 0.2) is 0 Å². The first-order valence-electron chi connectivity index (χ1n) is 12.3. The van der Waals surface area contributed by atoms with Crippen LogP contribution in [0.25, 0.3) is 0 Å². The van der Waals surface area contributed by atoms with Crippen molar-refractivity contribution in [3.05, 3.63) is 71.3 Å². The Kier molecular flexibility index (Phi) is 13.9. The van der Waals surface area contributed by atoms with Crippen molar-refractivity contribution in [1.29, 1.82) is 0 Å². The summed E-state index contributed by atoms with van der Waals surface area (Å²) in [4.78, 5) is 48.7. The molecule has 2 aromatic carbocycles. The number of rotatable bonds is 17. The van der Waals surface area contributed by atoms with E-state index in [1.165, 1.54) is 14.2 Å². The van der Waals surface area contributed by atoms with Gasteiger partial charge in [-0.15, -0.1) is 11.6 Å². The Labute approximate surface area is 232 Å². The number of halogens is 1. The molecule has 0 aromatic heterocycles. The van der Waals surface area contributed by atoms with Crippen molar-refractivity contribution in [3.63, 3.8) is 0 Å². The molecule has 0 aliphatic carbocycles. The third-order valence-corrected chi connectivity index (χ3v) is 6.02. The molecule has 0 aliphatic rings. The minimum atomic E-state index is -1.05. The van der Waals surface area contributed by atoms with E-state index in [4.69, 9.17) is 21.1 Å². The molecule has 0 aliphatic heterocycles. The number of alkyl halides is 1. The van der Waals surface area contributed by atoms with Crippen LogP contribution in [0, 0.1) is 0 Å². The molecule has 3 amide bonds. The maximum absolute atomic E-state index is 12.7. The molecule has 39 heavy (non-hydrogen) atoms. The van der Waals surface area contributed by atoms with E-state index < -0.39 is 35.8 Å². The summed E-state index contributed by atoms with van der Waals surface area (Å²) in [5.41, 5.74) is 2.19. The summed E-state index contributed by atoms with van der Waals surface area (Å²) in [5.74, 6) is -3.49. The highest BCUT2D eigenvalue weighted by molar-refractivity contribution is 6.27. The lowest BCUT2D eigenvalue weighted by atomic mass is 9.97. The molecule has 0 saturated heterocycles. The van der Waals surface area contributed by atoms with Crippen molar-refractivity contribution in [2.75, 3.05) is 39.9 Å². The van der Waals surface area contributed by atoms with Crippen molar-refractivity contribution in [1.82, 2.24) is 21.3 Å². The fourth-order valence-electron chi connectivity index (χ4n) is 3.67. The Morgan fingerprint density at radius 1 is 0.821 bits per heavy atom. The van der Waals surface area contributed by atoms with Crippen LogP contribution in [0.2, 0.25) is 0 Å². The molecule has 3 atom stereocenters. The summed E-state index contributed by atoms with van der Waals surface area (Å²) in [6, 6.07) is 14.5. The fourth-order valence-corrected chi connectivity index (χ4v) is 3.75. The highest BCUT2D eigenvalue weighted by atomic mass is 35.5. The molecule has 0 bridgehead atoms. The van der Waals surface area contributed by atoms with Crippen LogP contribution in [0.1, 0.15) is 22.6 Å². The number of ether oxygens (including phenoxy) is 2. The molecule has 0 heterocycles. The average Bonchev–Trinajstić information content (AvgIpc) is 2.94. The molecule has 2 aromatic rings. The summed E-state index contributed by atoms with van der Waals surface area (Å²) in [7, 11) is 2.88. The predicted octanol–water partition coefficient (Wildman–Crippen LogP) is 0.762. The Morgan fingerprint density at radius 2 is 1.36 bits per heavy atom. The molecule has 11 nitrogen and oxygen atoms in total. The maximum Gasteiger partial charge on any atom is 0.312 e. The van der Waals surface area contributed by atoms with Crippen molar-refractivity contribution in [2.24, 2.45) is 0 Å². The third kappa shape index (κ3) is 11.0. The molecule has 5 N–H and O–H groups in total. The van der Waals surface area contributed by atoms with Crippen LogP contribution >= 0.6 is 11.6 Å². The highest BCUT2D eigenvalue weighted by Gasteiger charge is 2.25. The number of nitrogens with one attached hydrogen (secondary N) is 4. The van der Waals surface area contributed by atoms with E-state index in [0.29, 0.717) is 12.1 Å².